The van der Waals surface area contributed by atoms with Crippen molar-refractivity contribution in [1.29, 1.82) is 0 Å². The van der Waals surface area contributed by atoms with Gasteiger partial charge in [0.1, 0.15) is 11.5 Å². The summed E-state index contributed by atoms with van der Waals surface area (Å²) >= 11 is 1.49. The summed E-state index contributed by atoms with van der Waals surface area (Å²) in [6.07, 6.45) is 4.33. The van der Waals surface area contributed by atoms with Crippen LogP contribution >= 0.6 is 11.3 Å². The number of rotatable bonds is 7. The highest BCUT2D eigenvalue weighted by atomic mass is 32.1. The lowest BCUT2D eigenvalue weighted by Crippen LogP contribution is -2.28. The number of carbonyl (C=O) groups excluding carboxylic acids is 2. The van der Waals surface area contributed by atoms with Crippen LogP contribution in [0.2, 0.25) is 0 Å². The largest absolute Gasteiger partial charge is 0.469 e. The minimum absolute atomic E-state index is 0.0983. The minimum Gasteiger partial charge on any atom is -0.469 e. The highest BCUT2D eigenvalue weighted by molar-refractivity contribution is 7.10. The molecular weight excluding hydrogens is 338 g/mol. The van der Waals surface area contributed by atoms with E-state index in [0.29, 0.717) is 17.6 Å². The second-order valence-electron chi connectivity index (χ2n) is 6.25. The van der Waals surface area contributed by atoms with E-state index >= 15 is 0 Å². The zero-order chi connectivity index (χ0) is 17.8. The van der Waals surface area contributed by atoms with Crippen LogP contribution in [0.3, 0.4) is 0 Å². The Morgan fingerprint density at radius 3 is 2.88 bits per heavy atom. The summed E-state index contributed by atoms with van der Waals surface area (Å²) in [6.45, 7) is 2.20. The Labute approximate surface area is 150 Å². The van der Waals surface area contributed by atoms with Gasteiger partial charge in [-0.3, -0.25) is 9.59 Å². The van der Waals surface area contributed by atoms with Crippen LogP contribution in [0.4, 0.5) is 0 Å². The molecule has 3 rings (SSSR count). The summed E-state index contributed by atoms with van der Waals surface area (Å²) in [6, 6.07) is 7.21. The van der Waals surface area contributed by atoms with E-state index in [2.05, 4.69) is 12.2 Å². The molecule has 6 heteroatoms. The molecule has 2 aromatic rings. The summed E-state index contributed by atoms with van der Waals surface area (Å²) in [4.78, 5) is 24.7. The first-order chi connectivity index (χ1) is 12.1. The number of nitrogens with one attached hydrogen (secondary N) is 1. The second kappa shape index (κ2) is 7.70. The summed E-state index contributed by atoms with van der Waals surface area (Å²) < 4.78 is 10.5. The number of ether oxygens (including phenoxy) is 1. The van der Waals surface area contributed by atoms with Crippen molar-refractivity contribution in [2.45, 2.75) is 31.7 Å². The van der Waals surface area contributed by atoms with Gasteiger partial charge >= 0.3 is 5.97 Å². The van der Waals surface area contributed by atoms with E-state index in [0.717, 1.165) is 17.1 Å². The molecule has 0 radical (unpaired) electrons. The van der Waals surface area contributed by atoms with Crippen molar-refractivity contribution in [3.8, 4) is 0 Å². The van der Waals surface area contributed by atoms with Crippen LogP contribution in [0.25, 0.3) is 6.08 Å². The predicted molar refractivity (Wildman–Crippen MR) is 96.1 cm³/mol. The number of carbonyl (C=O) groups is 2. The molecule has 3 atom stereocenters. The van der Waals surface area contributed by atoms with E-state index in [-0.39, 0.29) is 18.3 Å². The molecule has 0 spiro atoms. The second-order valence-corrected chi connectivity index (χ2v) is 7.23. The third-order valence-electron chi connectivity index (χ3n) is 4.32. The quantitative estimate of drug-likeness (QED) is 0.601. The predicted octanol–water partition coefficient (Wildman–Crippen LogP) is 3.90. The molecule has 1 N–H and O–H groups in total. The van der Waals surface area contributed by atoms with Crippen LogP contribution in [0.15, 0.2) is 40.1 Å². The van der Waals surface area contributed by atoms with E-state index in [1.807, 2.05) is 29.6 Å². The van der Waals surface area contributed by atoms with E-state index in [4.69, 9.17) is 9.15 Å². The molecule has 132 valence electrons. The lowest BCUT2D eigenvalue weighted by atomic mass is 10.1. The van der Waals surface area contributed by atoms with Gasteiger partial charge in [0.15, 0.2) is 0 Å². The molecule has 0 saturated heterocycles. The van der Waals surface area contributed by atoms with Gasteiger partial charge in [-0.05, 0) is 42.0 Å². The molecule has 25 heavy (non-hydrogen) atoms. The van der Waals surface area contributed by atoms with Crippen LogP contribution in [0.5, 0.6) is 0 Å². The molecule has 1 fully saturated rings. The topological polar surface area (TPSA) is 68.5 Å². The van der Waals surface area contributed by atoms with Gasteiger partial charge in [-0.25, -0.2) is 0 Å². The van der Waals surface area contributed by atoms with Gasteiger partial charge in [0.25, 0.3) is 0 Å². The maximum Gasteiger partial charge on any atom is 0.307 e. The third-order valence-corrected chi connectivity index (χ3v) is 5.31. The fraction of sp³-hybridized carbons (Fsp3) is 0.368. The van der Waals surface area contributed by atoms with Crippen molar-refractivity contribution in [3.63, 3.8) is 0 Å². The van der Waals surface area contributed by atoms with E-state index in [1.54, 1.807) is 6.08 Å². The Morgan fingerprint density at radius 2 is 2.24 bits per heavy atom. The molecule has 5 nitrogen and oxygen atoms in total. The lowest BCUT2D eigenvalue weighted by molar-refractivity contribution is -0.141. The van der Waals surface area contributed by atoms with Crippen molar-refractivity contribution >= 4 is 29.3 Å². The molecule has 1 aliphatic carbocycles. The number of furan rings is 1. The highest BCUT2D eigenvalue weighted by Crippen LogP contribution is 2.47. The third kappa shape index (κ3) is 4.60. The molecule has 2 aromatic heterocycles. The molecule has 3 unspecified atom stereocenters. The van der Waals surface area contributed by atoms with Gasteiger partial charge in [-0.1, -0.05) is 13.0 Å². The van der Waals surface area contributed by atoms with Crippen molar-refractivity contribution < 1.29 is 18.7 Å². The molecule has 1 saturated carbocycles. The monoisotopic (exact) mass is 359 g/mol. The molecule has 0 bridgehead atoms. The van der Waals surface area contributed by atoms with Gasteiger partial charge < -0.3 is 14.5 Å². The summed E-state index contributed by atoms with van der Waals surface area (Å²) in [7, 11) is 1.34. The van der Waals surface area contributed by atoms with E-state index < -0.39 is 6.04 Å². The van der Waals surface area contributed by atoms with Crippen molar-refractivity contribution in [2.75, 3.05) is 7.11 Å². The Bertz CT molecular complexity index is 762. The summed E-state index contributed by atoms with van der Waals surface area (Å²) in [5.41, 5.74) is 0. The average molecular weight is 359 g/mol. The standard InChI is InChI=1S/C19H21NO4S/c1-12-10-14(12)16-7-5-13(24-16)6-8-18(21)20-15(11-19(22)23-2)17-4-3-9-25-17/h3-9,12,14-15H,10-11H2,1-2H3,(H,20,21)/b8-6+. The smallest absolute Gasteiger partial charge is 0.307 e. The van der Waals surface area contributed by atoms with Crippen molar-refractivity contribution in [1.82, 2.24) is 5.32 Å². The van der Waals surface area contributed by atoms with Crippen LogP contribution < -0.4 is 5.32 Å². The van der Waals surface area contributed by atoms with Crippen LogP contribution in [-0.4, -0.2) is 19.0 Å². The van der Waals surface area contributed by atoms with Crippen LogP contribution in [0, 0.1) is 5.92 Å². The summed E-state index contributed by atoms with van der Waals surface area (Å²) in [5, 5.41) is 4.75. The highest BCUT2D eigenvalue weighted by Gasteiger charge is 2.36. The normalized spacial score (nSPS) is 20.4. The lowest BCUT2D eigenvalue weighted by Gasteiger charge is -2.15. The van der Waals surface area contributed by atoms with Gasteiger partial charge in [0.2, 0.25) is 5.91 Å². The van der Waals surface area contributed by atoms with Crippen LogP contribution in [-0.2, 0) is 14.3 Å². The average Bonchev–Trinajstić information content (AvgIpc) is 3.03. The Hall–Kier alpha value is -2.34. The van der Waals surface area contributed by atoms with Crippen molar-refractivity contribution in [2.24, 2.45) is 5.92 Å². The Morgan fingerprint density at radius 1 is 1.44 bits per heavy atom. The number of esters is 1. The first kappa shape index (κ1) is 17.5. The number of amides is 1. The first-order valence-electron chi connectivity index (χ1n) is 8.25. The molecular formula is C19H21NO4S. The molecule has 1 amide bonds. The molecule has 2 heterocycles. The minimum atomic E-state index is -0.399. The Kier molecular flexibility index (Phi) is 5.38. The molecule has 0 aromatic carbocycles. The van der Waals surface area contributed by atoms with E-state index in [1.165, 1.54) is 24.5 Å². The number of hydrogen-bond acceptors (Lipinski definition) is 5. The van der Waals surface area contributed by atoms with Gasteiger partial charge in [-0.15, -0.1) is 11.3 Å². The zero-order valence-corrected chi connectivity index (χ0v) is 15.0. The fourth-order valence-electron chi connectivity index (χ4n) is 2.72. The SMILES string of the molecule is COC(=O)CC(NC(=O)/C=C/c1ccc(C2CC2C)o1)c1cccs1. The number of methoxy groups -OCH3 is 1. The molecule has 0 aliphatic heterocycles. The van der Waals surface area contributed by atoms with Crippen LogP contribution in [0.1, 0.15) is 48.1 Å². The number of thiophene rings is 1. The Balaban J connectivity index is 1.60. The first-order valence-corrected chi connectivity index (χ1v) is 9.13. The maximum absolute atomic E-state index is 12.2. The van der Waals surface area contributed by atoms with Gasteiger partial charge in [-0.2, -0.15) is 0 Å². The molecule has 1 aliphatic rings. The number of hydrogen-bond donors (Lipinski definition) is 1. The summed E-state index contributed by atoms with van der Waals surface area (Å²) in [5.74, 6) is 2.19. The maximum atomic E-state index is 12.2. The fourth-order valence-corrected chi connectivity index (χ4v) is 3.49. The van der Waals surface area contributed by atoms with Crippen molar-refractivity contribution in [3.05, 3.63) is 52.1 Å². The van der Waals surface area contributed by atoms with Gasteiger partial charge in [0, 0.05) is 16.9 Å². The van der Waals surface area contributed by atoms with Gasteiger partial charge in [0.05, 0.1) is 19.6 Å². The zero-order valence-electron chi connectivity index (χ0n) is 14.2. The van der Waals surface area contributed by atoms with E-state index in [9.17, 15) is 9.59 Å².